The Morgan fingerprint density at radius 3 is 2.11 bits per heavy atom. The molecule has 3 rings (SSSR count). The van der Waals surface area contributed by atoms with Crippen LogP contribution in [0.1, 0.15) is 50.2 Å². The number of hydrogen-bond acceptors (Lipinski definition) is 6. The first-order chi connectivity index (χ1) is 16.8. The maximum absolute atomic E-state index is 12.7. The van der Waals surface area contributed by atoms with Gasteiger partial charge in [-0.1, -0.05) is 48.5 Å². The van der Waals surface area contributed by atoms with Gasteiger partial charge < -0.3 is 19.9 Å². The SMILES string of the molecule is CCOC(=O)C(NC(=O)OCC1c2ccccc2-c2ccccc21)C(=O)NC(C)CCCC(=O)O. The van der Waals surface area contributed by atoms with Crippen molar-refractivity contribution in [3.63, 3.8) is 0 Å². The van der Waals surface area contributed by atoms with E-state index in [0.717, 1.165) is 22.3 Å². The minimum absolute atomic E-state index is 0.0283. The van der Waals surface area contributed by atoms with E-state index in [9.17, 15) is 19.2 Å². The molecule has 2 aromatic carbocycles. The molecule has 2 atom stereocenters. The highest BCUT2D eigenvalue weighted by molar-refractivity contribution is 6.04. The van der Waals surface area contributed by atoms with Gasteiger partial charge in [-0.05, 0) is 48.9 Å². The van der Waals surface area contributed by atoms with Crippen LogP contribution in [0.25, 0.3) is 11.1 Å². The highest BCUT2D eigenvalue weighted by atomic mass is 16.6. The van der Waals surface area contributed by atoms with E-state index < -0.39 is 36.0 Å². The van der Waals surface area contributed by atoms with Crippen LogP contribution in [0.2, 0.25) is 0 Å². The van der Waals surface area contributed by atoms with Gasteiger partial charge in [0, 0.05) is 18.4 Å². The van der Waals surface area contributed by atoms with Crippen LogP contribution in [0, 0.1) is 0 Å². The van der Waals surface area contributed by atoms with Gasteiger partial charge >= 0.3 is 18.0 Å². The van der Waals surface area contributed by atoms with Crippen molar-refractivity contribution >= 4 is 23.9 Å². The van der Waals surface area contributed by atoms with Gasteiger partial charge in [0.05, 0.1) is 6.61 Å². The topological polar surface area (TPSA) is 131 Å². The van der Waals surface area contributed by atoms with Gasteiger partial charge in [0.2, 0.25) is 6.04 Å². The van der Waals surface area contributed by atoms with E-state index in [1.807, 2.05) is 48.5 Å². The maximum atomic E-state index is 12.7. The van der Waals surface area contributed by atoms with E-state index in [0.29, 0.717) is 12.8 Å². The Morgan fingerprint density at radius 1 is 0.943 bits per heavy atom. The molecule has 0 spiro atoms. The quantitative estimate of drug-likeness (QED) is 0.331. The number of carboxylic acid groups (broad SMARTS) is 1. The molecule has 2 unspecified atom stereocenters. The van der Waals surface area contributed by atoms with Crippen LogP contribution in [0.4, 0.5) is 4.79 Å². The molecule has 9 heteroatoms. The molecule has 0 bridgehead atoms. The molecule has 0 aliphatic heterocycles. The standard InChI is InChI=1S/C26H30N2O7/c1-3-34-25(32)23(24(31)27-16(2)9-8-14-22(29)30)28-26(33)35-15-21-19-12-6-4-10-17(19)18-11-5-7-13-20(18)21/h4-7,10-13,16,21,23H,3,8-9,14-15H2,1-2H3,(H,27,31)(H,28,33)(H,29,30). The lowest BCUT2D eigenvalue weighted by molar-refractivity contribution is -0.149. The second-order valence-electron chi connectivity index (χ2n) is 8.35. The van der Waals surface area contributed by atoms with Gasteiger partial charge in [-0.2, -0.15) is 0 Å². The number of benzene rings is 2. The van der Waals surface area contributed by atoms with Crippen LogP contribution in [-0.4, -0.2) is 54.3 Å². The van der Waals surface area contributed by atoms with Crippen LogP contribution in [0.15, 0.2) is 48.5 Å². The first kappa shape index (κ1) is 25.7. The van der Waals surface area contributed by atoms with E-state index in [1.54, 1.807) is 13.8 Å². The van der Waals surface area contributed by atoms with E-state index in [1.165, 1.54) is 0 Å². The summed E-state index contributed by atoms with van der Waals surface area (Å²) < 4.78 is 10.4. The molecular weight excluding hydrogens is 452 g/mol. The first-order valence-electron chi connectivity index (χ1n) is 11.6. The Balaban J connectivity index is 1.62. The number of rotatable bonds is 11. The Labute approximate surface area is 203 Å². The van der Waals surface area contributed by atoms with Crippen LogP contribution in [0.5, 0.6) is 0 Å². The molecule has 35 heavy (non-hydrogen) atoms. The lowest BCUT2D eigenvalue weighted by Crippen LogP contribution is -2.54. The molecule has 0 aromatic heterocycles. The second-order valence-corrected chi connectivity index (χ2v) is 8.35. The average molecular weight is 483 g/mol. The molecule has 2 amide bonds. The number of esters is 1. The fraction of sp³-hybridized carbons (Fsp3) is 0.385. The van der Waals surface area contributed by atoms with E-state index >= 15 is 0 Å². The van der Waals surface area contributed by atoms with Crippen molar-refractivity contribution in [3.05, 3.63) is 59.7 Å². The lowest BCUT2D eigenvalue weighted by Gasteiger charge is -2.21. The van der Waals surface area contributed by atoms with Crippen molar-refractivity contribution in [2.45, 2.75) is 51.1 Å². The lowest BCUT2D eigenvalue weighted by atomic mass is 9.98. The molecule has 0 heterocycles. The van der Waals surface area contributed by atoms with Crippen molar-refractivity contribution in [1.82, 2.24) is 10.6 Å². The average Bonchev–Trinajstić information content (AvgIpc) is 3.14. The number of aliphatic carboxylic acids is 1. The smallest absolute Gasteiger partial charge is 0.408 e. The molecule has 1 aliphatic carbocycles. The van der Waals surface area contributed by atoms with Gasteiger partial charge in [-0.3, -0.25) is 14.9 Å². The van der Waals surface area contributed by atoms with Crippen molar-refractivity contribution in [2.24, 2.45) is 0 Å². The van der Waals surface area contributed by atoms with Crippen molar-refractivity contribution < 1.29 is 33.8 Å². The summed E-state index contributed by atoms with van der Waals surface area (Å²) in [7, 11) is 0. The molecule has 0 saturated heterocycles. The molecular formula is C26H30N2O7. The highest BCUT2D eigenvalue weighted by Gasteiger charge is 2.33. The summed E-state index contributed by atoms with van der Waals surface area (Å²) in [5, 5.41) is 13.7. The number of carboxylic acids is 1. The largest absolute Gasteiger partial charge is 0.481 e. The van der Waals surface area contributed by atoms with Gasteiger partial charge in [-0.25, -0.2) is 9.59 Å². The highest BCUT2D eigenvalue weighted by Crippen LogP contribution is 2.44. The fourth-order valence-electron chi connectivity index (χ4n) is 4.17. The summed E-state index contributed by atoms with van der Waals surface area (Å²) in [5.74, 6) is -2.75. The molecule has 186 valence electrons. The Hall–Kier alpha value is -3.88. The Morgan fingerprint density at radius 2 is 1.54 bits per heavy atom. The monoisotopic (exact) mass is 482 g/mol. The molecule has 2 aromatic rings. The van der Waals surface area contributed by atoms with E-state index in [2.05, 4.69) is 10.6 Å². The summed E-state index contributed by atoms with van der Waals surface area (Å²) >= 11 is 0. The zero-order chi connectivity index (χ0) is 25.4. The number of fused-ring (bicyclic) bond motifs is 3. The summed E-state index contributed by atoms with van der Waals surface area (Å²) in [5.41, 5.74) is 4.24. The number of ether oxygens (including phenoxy) is 2. The predicted octanol–water partition coefficient (Wildman–Crippen LogP) is 3.22. The number of carbonyl (C=O) groups is 4. The van der Waals surface area contributed by atoms with Crippen LogP contribution < -0.4 is 10.6 Å². The molecule has 0 fully saturated rings. The van der Waals surface area contributed by atoms with Crippen LogP contribution in [0.3, 0.4) is 0 Å². The maximum Gasteiger partial charge on any atom is 0.408 e. The van der Waals surface area contributed by atoms with Crippen LogP contribution >= 0.6 is 0 Å². The number of alkyl carbamates (subject to hydrolysis) is 1. The Bertz CT molecular complexity index is 1040. The van der Waals surface area contributed by atoms with Gasteiger partial charge in [0.15, 0.2) is 0 Å². The third kappa shape index (κ3) is 6.59. The predicted molar refractivity (Wildman–Crippen MR) is 128 cm³/mol. The van der Waals surface area contributed by atoms with Crippen molar-refractivity contribution in [1.29, 1.82) is 0 Å². The summed E-state index contributed by atoms with van der Waals surface area (Å²) in [6.45, 7) is 3.34. The molecule has 0 saturated carbocycles. The van der Waals surface area contributed by atoms with Crippen molar-refractivity contribution in [2.75, 3.05) is 13.2 Å². The summed E-state index contributed by atoms with van der Waals surface area (Å²) in [4.78, 5) is 48.3. The van der Waals surface area contributed by atoms with Gasteiger partial charge in [0.1, 0.15) is 6.61 Å². The van der Waals surface area contributed by atoms with Crippen molar-refractivity contribution in [3.8, 4) is 11.1 Å². The molecule has 3 N–H and O–H groups in total. The third-order valence-corrected chi connectivity index (χ3v) is 5.81. The number of nitrogens with one attached hydrogen (secondary N) is 2. The fourth-order valence-corrected chi connectivity index (χ4v) is 4.17. The zero-order valence-electron chi connectivity index (χ0n) is 19.8. The van der Waals surface area contributed by atoms with Gasteiger partial charge in [0.25, 0.3) is 5.91 Å². The minimum Gasteiger partial charge on any atom is -0.481 e. The van der Waals surface area contributed by atoms with Crippen LogP contribution in [-0.2, 0) is 23.9 Å². The number of carbonyl (C=O) groups excluding carboxylic acids is 3. The second kappa shape index (κ2) is 12.0. The number of amides is 2. The molecule has 1 aliphatic rings. The molecule has 9 nitrogen and oxygen atoms in total. The normalized spacial score (nSPS) is 13.7. The summed E-state index contributed by atoms with van der Waals surface area (Å²) in [6.07, 6.45) is -0.183. The Kier molecular flexibility index (Phi) is 8.83. The van der Waals surface area contributed by atoms with Gasteiger partial charge in [-0.15, -0.1) is 0 Å². The van der Waals surface area contributed by atoms with E-state index in [4.69, 9.17) is 14.6 Å². The zero-order valence-corrected chi connectivity index (χ0v) is 19.8. The van der Waals surface area contributed by atoms with E-state index in [-0.39, 0.29) is 25.6 Å². The minimum atomic E-state index is -1.59. The molecule has 0 radical (unpaired) electrons. The number of hydrogen-bond donors (Lipinski definition) is 3. The third-order valence-electron chi connectivity index (χ3n) is 5.81. The first-order valence-corrected chi connectivity index (χ1v) is 11.6. The summed E-state index contributed by atoms with van der Waals surface area (Å²) in [6, 6.07) is 13.8.